The first-order valence-electron chi connectivity index (χ1n) is 5.04. The molecule has 100 valence electrons. The van der Waals surface area contributed by atoms with Gasteiger partial charge in [0.1, 0.15) is 29.7 Å². The van der Waals surface area contributed by atoms with Crippen LogP contribution >= 0.6 is 0 Å². The maximum atomic E-state index is 13.6. The molecule has 0 aliphatic rings. The van der Waals surface area contributed by atoms with Crippen molar-refractivity contribution in [1.29, 1.82) is 15.8 Å². The zero-order chi connectivity index (χ0) is 15.3. The van der Waals surface area contributed by atoms with Crippen LogP contribution in [-0.4, -0.2) is 14.7 Å². The van der Waals surface area contributed by atoms with Gasteiger partial charge < -0.3 is 5.32 Å². The molecule has 20 heavy (non-hydrogen) atoms. The molecule has 0 unspecified atom stereocenters. The molecule has 0 aliphatic heterocycles. The minimum Gasteiger partial charge on any atom is -0.343 e. The van der Waals surface area contributed by atoms with Crippen molar-refractivity contribution >= 4 is 15.5 Å². The summed E-state index contributed by atoms with van der Waals surface area (Å²) < 4.78 is 36.3. The Balaban J connectivity index is 3.37. The summed E-state index contributed by atoms with van der Waals surface area (Å²) in [4.78, 5) is -0.158. The van der Waals surface area contributed by atoms with Gasteiger partial charge in [0.15, 0.2) is 15.4 Å². The number of allylic oxidation sites excluding steroid dienone is 2. The highest BCUT2D eigenvalue weighted by atomic mass is 32.2. The number of anilines is 1. The van der Waals surface area contributed by atoms with Gasteiger partial charge in [0, 0.05) is 6.26 Å². The van der Waals surface area contributed by atoms with Gasteiger partial charge in [-0.15, -0.1) is 0 Å². The second-order valence-corrected chi connectivity index (χ2v) is 5.64. The Bertz CT molecular complexity index is 791. The lowest BCUT2D eigenvalue weighted by atomic mass is 10.2. The van der Waals surface area contributed by atoms with E-state index >= 15 is 0 Å². The number of hydrogen-bond acceptors (Lipinski definition) is 6. The molecule has 0 saturated carbocycles. The van der Waals surface area contributed by atoms with Crippen LogP contribution in [0.1, 0.15) is 0 Å². The van der Waals surface area contributed by atoms with Crippen molar-refractivity contribution in [2.24, 2.45) is 0 Å². The van der Waals surface area contributed by atoms with E-state index in [9.17, 15) is 12.8 Å². The van der Waals surface area contributed by atoms with Gasteiger partial charge >= 0.3 is 0 Å². The van der Waals surface area contributed by atoms with Gasteiger partial charge in [-0.1, -0.05) is 0 Å². The second kappa shape index (κ2) is 5.83. The molecule has 0 heterocycles. The number of hydrogen-bond donors (Lipinski definition) is 1. The fourth-order valence-corrected chi connectivity index (χ4v) is 1.90. The lowest BCUT2D eigenvalue weighted by molar-refractivity contribution is 0.600. The Hall–Kier alpha value is -2.89. The fourth-order valence-electron chi connectivity index (χ4n) is 1.25. The maximum Gasteiger partial charge on any atom is 0.175 e. The van der Waals surface area contributed by atoms with E-state index in [1.165, 1.54) is 12.1 Å². The van der Waals surface area contributed by atoms with Crippen LogP contribution in [0.25, 0.3) is 0 Å². The van der Waals surface area contributed by atoms with Gasteiger partial charge in [-0.25, -0.2) is 12.8 Å². The van der Waals surface area contributed by atoms with E-state index in [-0.39, 0.29) is 10.6 Å². The molecule has 0 spiro atoms. The number of halogens is 1. The summed E-state index contributed by atoms with van der Waals surface area (Å²) in [6.45, 7) is 0. The Morgan fingerprint density at radius 3 is 2.25 bits per heavy atom. The predicted molar refractivity (Wildman–Crippen MR) is 67.0 cm³/mol. The molecule has 1 aromatic rings. The summed E-state index contributed by atoms with van der Waals surface area (Å²) in [6, 6.07) is 7.47. The van der Waals surface area contributed by atoms with Crippen molar-refractivity contribution in [2.75, 3.05) is 11.6 Å². The first kappa shape index (κ1) is 15.2. The maximum absolute atomic E-state index is 13.6. The SMILES string of the molecule is CS(=O)(=O)c1ccc(F)c(NC(C#N)=C(C#N)C#N)c1. The monoisotopic (exact) mass is 290 g/mol. The Morgan fingerprint density at radius 1 is 1.20 bits per heavy atom. The van der Waals surface area contributed by atoms with E-state index in [4.69, 9.17) is 15.8 Å². The van der Waals surface area contributed by atoms with Gasteiger partial charge in [0.25, 0.3) is 0 Å². The van der Waals surface area contributed by atoms with E-state index in [0.717, 1.165) is 24.5 Å². The van der Waals surface area contributed by atoms with Crippen molar-refractivity contribution < 1.29 is 12.8 Å². The minimum absolute atomic E-state index is 0.158. The molecule has 0 radical (unpaired) electrons. The predicted octanol–water partition coefficient (Wildman–Crippen LogP) is 1.47. The molecule has 0 amide bonds. The number of rotatable bonds is 3. The lowest BCUT2D eigenvalue weighted by Gasteiger charge is -2.07. The summed E-state index contributed by atoms with van der Waals surface area (Å²) in [6.07, 6.45) is 0.945. The van der Waals surface area contributed by atoms with Crippen molar-refractivity contribution in [2.45, 2.75) is 4.90 Å². The van der Waals surface area contributed by atoms with Crippen molar-refractivity contribution in [3.63, 3.8) is 0 Å². The van der Waals surface area contributed by atoms with Crippen molar-refractivity contribution in [3.8, 4) is 18.2 Å². The van der Waals surface area contributed by atoms with Crippen molar-refractivity contribution in [3.05, 3.63) is 35.3 Å². The molecule has 0 atom stereocenters. The summed E-state index contributed by atoms with van der Waals surface area (Å²) in [5, 5.41) is 28.4. The van der Waals surface area contributed by atoms with E-state index < -0.39 is 26.9 Å². The fraction of sp³-hybridized carbons (Fsp3) is 0.0833. The molecular weight excluding hydrogens is 283 g/mol. The Morgan fingerprint density at radius 2 is 1.80 bits per heavy atom. The van der Waals surface area contributed by atoms with E-state index in [2.05, 4.69) is 5.32 Å². The van der Waals surface area contributed by atoms with E-state index in [1.54, 1.807) is 6.07 Å². The molecule has 0 saturated heterocycles. The highest BCUT2D eigenvalue weighted by molar-refractivity contribution is 7.90. The smallest absolute Gasteiger partial charge is 0.175 e. The first-order valence-corrected chi connectivity index (χ1v) is 6.93. The highest BCUT2D eigenvalue weighted by Crippen LogP contribution is 2.21. The molecule has 0 fully saturated rings. The average molecular weight is 290 g/mol. The molecule has 1 aromatic carbocycles. The van der Waals surface area contributed by atoms with Gasteiger partial charge in [-0.3, -0.25) is 0 Å². The summed E-state index contributed by atoms with van der Waals surface area (Å²) in [7, 11) is -3.55. The Labute approximate surface area is 114 Å². The molecule has 0 bridgehead atoms. The van der Waals surface area contributed by atoms with Crippen LogP contribution in [0.3, 0.4) is 0 Å². The number of nitrogens with one attached hydrogen (secondary N) is 1. The van der Waals surface area contributed by atoms with Crippen LogP contribution in [-0.2, 0) is 9.84 Å². The molecule has 6 nitrogen and oxygen atoms in total. The molecule has 1 rings (SSSR count). The zero-order valence-electron chi connectivity index (χ0n) is 10.2. The quantitative estimate of drug-likeness (QED) is 0.665. The summed E-state index contributed by atoms with van der Waals surface area (Å²) in [5.74, 6) is -0.819. The number of nitrogens with zero attached hydrogens (tertiary/aromatic N) is 3. The molecule has 1 N–H and O–H groups in total. The number of nitriles is 3. The zero-order valence-corrected chi connectivity index (χ0v) is 11.0. The van der Waals surface area contributed by atoms with Crippen LogP contribution < -0.4 is 5.32 Å². The van der Waals surface area contributed by atoms with Gasteiger partial charge in [0.05, 0.1) is 10.6 Å². The standard InChI is InChI=1S/C12H7FN4O2S/c1-20(18,19)9-2-3-10(13)11(4-9)17-12(7-16)8(5-14)6-15/h2-4,17H,1H3. The van der Waals surface area contributed by atoms with Crippen LogP contribution in [0.2, 0.25) is 0 Å². The lowest BCUT2D eigenvalue weighted by Crippen LogP contribution is -2.05. The van der Waals surface area contributed by atoms with Crippen LogP contribution in [0.5, 0.6) is 0 Å². The minimum atomic E-state index is -3.55. The summed E-state index contributed by atoms with van der Waals surface area (Å²) >= 11 is 0. The van der Waals surface area contributed by atoms with E-state index in [0.29, 0.717) is 0 Å². The third-order valence-corrected chi connectivity index (χ3v) is 3.32. The second-order valence-electron chi connectivity index (χ2n) is 3.62. The molecule has 8 heteroatoms. The average Bonchev–Trinajstić information content (AvgIpc) is 2.39. The first-order chi connectivity index (χ1) is 9.33. The highest BCUT2D eigenvalue weighted by Gasteiger charge is 2.13. The number of sulfone groups is 1. The van der Waals surface area contributed by atoms with Crippen LogP contribution in [0.4, 0.5) is 10.1 Å². The van der Waals surface area contributed by atoms with Gasteiger partial charge in [-0.2, -0.15) is 15.8 Å². The normalized spacial score (nSPS) is 9.75. The molecule has 0 aliphatic carbocycles. The third kappa shape index (κ3) is 3.32. The van der Waals surface area contributed by atoms with Crippen molar-refractivity contribution in [1.82, 2.24) is 0 Å². The van der Waals surface area contributed by atoms with Crippen LogP contribution in [0, 0.1) is 39.8 Å². The van der Waals surface area contributed by atoms with Gasteiger partial charge in [0.2, 0.25) is 0 Å². The van der Waals surface area contributed by atoms with Gasteiger partial charge in [-0.05, 0) is 18.2 Å². The third-order valence-electron chi connectivity index (χ3n) is 2.21. The molecular formula is C12H7FN4O2S. The number of benzene rings is 1. The van der Waals surface area contributed by atoms with E-state index in [1.807, 2.05) is 0 Å². The Kier molecular flexibility index (Phi) is 4.42. The summed E-state index contributed by atoms with van der Waals surface area (Å²) in [5.41, 5.74) is -1.30. The largest absolute Gasteiger partial charge is 0.343 e. The molecule has 0 aromatic heterocycles. The topological polar surface area (TPSA) is 118 Å². The van der Waals surface area contributed by atoms with Crippen LogP contribution in [0.15, 0.2) is 34.4 Å².